The predicted molar refractivity (Wildman–Crippen MR) is 60.3 cm³/mol. The molecule has 1 aromatic carbocycles. The van der Waals surface area contributed by atoms with E-state index in [1.54, 1.807) is 0 Å². The zero-order chi connectivity index (χ0) is 12.3. The maximum atomic E-state index is 12.5. The average Bonchev–Trinajstić information content (AvgIpc) is 2.15. The second kappa shape index (κ2) is 7.19. The Hall–Kier alpha value is 0.511. The van der Waals surface area contributed by atoms with Crippen LogP contribution in [0.1, 0.15) is 25.8 Å². The Labute approximate surface area is 143 Å². The Morgan fingerprint density at radius 1 is 1.29 bits per heavy atom. The van der Waals surface area contributed by atoms with Gasteiger partial charge in [0.2, 0.25) is 0 Å². The molecule has 0 aliphatic rings. The summed E-state index contributed by atoms with van der Waals surface area (Å²) in [7, 11) is 0. The molecule has 6 heteroatoms. The zero-order valence-electron chi connectivity index (χ0n) is 10.6. The SMILES string of the molecule is CCC(C)Oc1ccc([B-](F)(F)F)c(C)c1.[K+]. The average molecular weight is 270 g/mol. The van der Waals surface area contributed by atoms with E-state index >= 15 is 0 Å². The summed E-state index contributed by atoms with van der Waals surface area (Å²) in [5.41, 5.74) is -0.329. The fourth-order valence-corrected chi connectivity index (χ4v) is 1.40. The van der Waals surface area contributed by atoms with Gasteiger partial charge in [-0.1, -0.05) is 18.6 Å². The van der Waals surface area contributed by atoms with E-state index in [1.165, 1.54) is 19.1 Å². The molecule has 0 saturated heterocycles. The second-order valence-electron chi connectivity index (χ2n) is 3.93. The molecule has 1 unspecified atom stereocenters. The van der Waals surface area contributed by atoms with Gasteiger partial charge in [-0.05, 0) is 32.4 Å². The number of rotatable bonds is 4. The summed E-state index contributed by atoms with van der Waals surface area (Å²) < 4.78 is 43.0. The van der Waals surface area contributed by atoms with Crippen molar-refractivity contribution in [2.45, 2.75) is 33.3 Å². The number of halogens is 3. The minimum absolute atomic E-state index is 0. The van der Waals surface area contributed by atoms with E-state index in [9.17, 15) is 12.9 Å². The first-order valence-electron chi connectivity index (χ1n) is 5.31. The first-order chi connectivity index (χ1) is 7.34. The summed E-state index contributed by atoms with van der Waals surface area (Å²) >= 11 is 0. The van der Waals surface area contributed by atoms with Crippen LogP contribution in [0.2, 0.25) is 0 Å². The first-order valence-corrected chi connectivity index (χ1v) is 5.31. The van der Waals surface area contributed by atoms with Crippen LogP contribution >= 0.6 is 0 Å². The van der Waals surface area contributed by atoms with Crippen LogP contribution in [0.25, 0.3) is 0 Å². The van der Waals surface area contributed by atoms with Crippen molar-refractivity contribution in [2.24, 2.45) is 0 Å². The first kappa shape index (κ1) is 17.5. The smallest absolute Gasteiger partial charge is 0.491 e. The van der Waals surface area contributed by atoms with Gasteiger partial charge in [-0.2, -0.15) is 0 Å². The molecule has 1 rings (SSSR count). The third kappa shape index (κ3) is 5.34. The summed E-state index contributed by atoms with van der Waals surface area (Å²) in [4.78, 5) is 0. The van der Waals surface area contributed by atoms with Crippen LogP contribution in [0.15, 0.2) is 18.2 Å². The summed E-state index contributed by atoms with van der Waals surface area (Å²) in [6, 6.07) is 3.91. The molecule has 1 nitrogen and oxygen atoms in total. The van der Waals surface area contributed by atoms with Crippen LogP contribution < -0.4 is 61.6 Å². The third-order valence-electron chi connectivity index (χ3n) is 2.51. The van der Waals surface area contributed by atoms with Gasteiger partial charge in [-0.25, -0.2) is 0 Å². The normalized spacial score (nSPS) is 12.8. The largest absolute Gasteiger partial charge is 1.00 e. The van der Waals surface area contributed by atoms with Crippen molar-refractivity contribution >= 4 is 12.4 Å². The van der Waals surface area contributed by atoms with Crippen LogP contribution in [0, 0.1) is 6.92 Å². The maximum Gasteiger partial charge on any atom is 1.00 e. The Bertz CT molecular complexity index is 368. The fraction of sp³-hybridized carbons (Fsp3) is 0.455. The third-order valence-corrected chi connectivity index (χ3v) is 2.51. The van der Waals surface area contributed by atoms with Crippen molar-refractivity contribution in [3.05, 3.63) is 23.8 Å². The molecule has 0 aliphatic heterocycles. The van der Waals surface area contributed by atoms with E-state index in [2.05, 4.69) is 0 Å². The maximum absolute atomic E-state index is 12.5. The molecule has 0 fully saturated rings. The van der Waals surface area contributed by atoms with Crippen molar-refractivity contribution in [3.8, 4) is 5.75 Å². The van der Waals surface area contributed by atoms with Gasteiger partial charge in [0.15, 0.2) is 0 Å². The molecule has 0 aliphatic carbocycles. The summed E-state index contributed by atoms with van der Waals surface area (Å²) in [6.07, 6.45) is 0.839. The van der Waals surface area contributed by atoms with Gasteiger partial charge in [-0.15, -0.1) is 5.46 Å². The minimum atomic E-state index is -4.93. The van der Waals surface area contributed by atoms with Crippen LogP contribution in [0.3, 0.4) is 0 Å². The molecule has 0 N–H and O–H groups in total. The van der Waals surface area contributed by atoms with Crippen molar-refractivity contribution in [1.29, 1.82) is 0 Å². The quantitative estimate of drug-likeness (QED) is 0.712. The van der Waals surface area contributed by atoms with Crippen LogP contribution in [0.4, 0.5) is 12.9 Å². The molecule has 0 bridgehead atoms. The predicted octanol–water partition coefficient (Wildman–Crippen LogP) is 0.231. The molecule has 0 aromatic heterocycles. The Kier molecular flexibility index (Phi) is 7.40. The van der Waals surface area contributed by atoms with Crippen molar-refractivity contribution in [1.82, 2.24) is 0 Å². The zero-order valence-corrected chi connectivity index (χ0v) is 13.8. The molecule has 0 amide bonds. The minimum Gasteiger partial charge on any atom is -0.491 e. The van der Waals surface area contributed by atoms with Gasteiger partial charge in [0.1, 0.15) is 5.75 Å². The van der Waals surface area contributed by atoms with E-state index in [4.69, 9.17) is 4.74 Å². The molecule has 1 aromatic rings. The van der Waals surface area contributed by atoms with E-state index < -0.39 is 12.4 Å². The van der Waals surface area contributed by atoms with E-state index in [-0.39, 0.29) is 63.1 Å². The van der Waals surface area contributed by atoms with Crippen molar-refractivity contribution in [2.75, 3.05) is 0 Å². The molecule has 0 heterocycles. The van der Waals surface area contributed by atoms with Crippen LogP contribution in [0.5, 0.6) is 5.75 Å². The van der Waals surface area contributed by atoms with Gasteiger partial charge in [0, 0.05) is 0 Å². The number of hydrogen-bond donors (Lipinski definition) is 0. The van der Waals surface area contributed by atoms with Crippen molar-refractivity contribution < 1.29 is 69.1 Å². The van der Waals surface area contributed by atoms with Gasteiger partial charge < -0.3 is 17.7 Å². The van der Waals surface area contributed by atoms with E-state index in [1.807, 2.05) is 13.8 Å². The van der Waals surface area contributed by atoms with Crippen LogP contribution in [-0.4, -0.2) is 13.1 Å². The summed E-state index contributed by atoms with van der Waals surface area (Å²) in [6.45, 7) is 0.373. The van der Waals surface area contributed by atoms with E-state index in [0.717, 1.165) is 12.5 Å². The molecular formula is C11H15BF3KO. The summed E-state index contributed by atoms with van der Waals surface area (Å²) in [5.74, 6) is 0.496. The number of hydrogen-bond acceptors (Lipinski definition) is 1. The summed E-state index contributed by atoms with van der Waals surface area (Å²) in [5, 5.41) is 0. The monoisotopic (exact) mass is 270 g/mol. The van der Waals surface area contributed by atoms with E-state index in [0.29, 0.717) is 5.75 Å². The Balaban J connectivity index is 0.00000256. The van der Waals surface area contributed by atoms with Gasteiger partial charge >= 0.3 is 58.4 Å². The molecule has 90 valence electrons. The van der Waals surface area contributed by atoms with Gasteiger partial charge in [0.25, 0.3) is 0 Å². The fourth-order valence-electron chi connectivity index (χ4n) is 1.40. The number of ether oxygens (including phenoxy) is 1. The molecule has 0 saturated carbocycles. The molecule has 17 heavy (non-hydrogen) atoms. The Morgan fingerprint density at radius 3 is 2.29 bits per heavy atom. The molecule has 1 atom stereocenters. The van der Waals surface area contributed by atoms with Crippen molar-refractivity contribution in [3.63, 3.8) is 0 Å². The molecule has 0 spiro atoms. The Morgan fingerprint density at radius 2 is 1.88 bits per heavy atom. The number of aryl methyl sites for hydroxylation is 1. The topological polar surface area (TPSA) is 9.23 Å². The van der Waals surface area contributed by atoms with Gasteiger partial charge in [0.05, 0.1) is 6.10 Å². The van der Waals surface area contributed by atoms with Gasteiger partial charge in [-0.3, -0.25) is 0 Å². The second-order valence-corrected chi connectivity index (χ2v) is 3.93. The van der Waals surface area contributed by atoms with Crippen LogP contribution in [-0.2, 0) is 0 Å². The number of benzene rings is 1. The standard InChI is InChI=1S/C11H15BF3O.K/c1-4-9(3)16-10-5-6-11(8(2)7-10)12(13,14)15;/h5-7,9H,4H2,1-3H3;/q-1;+1. The molecular weight excluding hydrogens is 255 g/mol. The molecule has 0 radical (unpaired) electrons.